The third-order valence-electron chi connectivity index (χ3n) is 4.36. The molecule has 0 amide bonds. The number of anilines is 4. The Balaban J connectivity index is 1.61. The summed E-state index contributed by atoms with van der Waals surface area (Å²) in [5, 5.41) is 14.1. The number of aromatic amines is 1. The number of methoxy groups -OCH3 is 2. The highest BCUT2D eigenvalue weighted by Crippen LogP contribution is 2.28. The maximum absolute atomic E-state index is 14.3. The third kappa shape index (κ3) is 3.88. The number of ether oxygens (including phenoxy) is 2. The standard InChI is InChI=1S/C20H19FN6O2/c1-11-16-8-12(4-5-18(16)27-26-11)23-19-17(21)10-22-20(25-19)24-13-6-14(28-2)9-15(7-13)29-3/h4-10H,1-3H3,(H,26,27)(H2,22,23,24,25). The van der Waals surface area contributed by atoms with E-state index in [4.69, 9.17) is 9.47 Å². The molecule has 2 heterocycles. The number of hydrogen-bond acceptors (Lipinski definition) is 7. The summed E-state index contributed by atoms with van der Waals surface area (Å²) >= 11 is 0. The van der Waals surface area contributed by atoms with Crippen molar-refractivity contribution in [1.82, 2.24) is 20.2 Å². The van der Waals surface area contributed by atoms with E-state index in [0.717, 1.165) is 22.8 Å². The molecule has 0 atom stereocenters. The van der Waals surface area contributed by atoms with Gasteiger partial charge in [0.15, 0.2) is 11.6 Å². The molecule has 148 valence electrons. The fourth-order valence-corrected chi connectivity index (χ4v) is 2.88. The maximum atomic E-state index is 14.3. The lowest BCUT2D eigenvalue weighted by molar-refractivity contribution is 0.395. The molecule has 0 spiro atoms. The Hall–Kier alpha value is -3.88. The number of rotatable bonds is 6. The average Bonchev–Trinajstić information content (AvgIpc) is 3.10. The van der Waals surface area contributed by atoms with Gasteiger partial charge in [0.25, 0.3) is 0 Å². The lowest BCUT2D eigenvalue weighted by Crippen LogP contribution is -2.03. The lowest BCUT2D eigenvalue weighted by Gasteiger charge is -2.11. The molecule has 3 N–H and O–H groups in total. The minimum Gasteiger partial charge on any atom is -0.497 e. The summed E-state index contributed by atoms with van der Waals surface area (Å²) in [5.41, 5.74) is 3.11. The zero-order chi connectivity index (χ0) is 20.4. The predicted molar refractivity (Wildman–Crippen MR) is 109 cm³/mol. The smallest absolute Gasteiger partial charge is 0.229 e. The van der Waals surface area contributed by atoms with E-state index < -0.39 is 5.82 Å². The van der Waals surface area contributed by atoms with E-state index in [2.05, 4.69) is 30.8 Å². The summed E-state index contributed by atoms with van der Waals surface area (Å²) in [6, 6.07) is 10.8. The van der Waals surface area contributed by atoms with Crippen molar-refractivity contribution in [3.05, 3.63) is 54.1 Å². The molecule has 0 saturated heterocycles. The zero-order valence-corrected chi connectivity index (χ0v) is 16.1. The summed E-state index contributed by atoms with van der Waals surface area (Å²) in [6.07, 6.45) is 1.11. The van der Waals surface area contributed by atoms with Gasteiger partial charge >= 0.3 is 0 Å². The lowest BCUT2D eigenvalue weighted by atomic mass is 10.2. The van der Waals surface area contributed by atoms with Crippen LogP contribution in [0.15, 0.2) is 42.6 Å². The third-order valence-corrected chi connectivity index (χ3v) is 4.36. The number of nitrogens with zero attached hydrogens (tertiary/aromatic N) is 3. The van der Waals surface area contributed by atoms with Gasteiger partial charge in [-0.05, 0) is 25.1 Å². The minimum atomic E-state index is -0.567. The number of hydrogen-bond donors (Lipinski definition) is 3. The second-order valence-corrected chi connectivity index (χ2v) is 6.32. The number of halogens is 1. The van der Waals surface area contributed by atoms with Crippen molar-refractivity contribution in [1.29, 1.82) is 0 Å². The molecule has 4 rings (SSSR count). The molecule has 0 aliphatic carbocycles. The summed E-state index contributed by atoms with van der Waals surface area (Å²) in [5.74, 6) is 0.928. The quantitative estimate of drug-likeness (QED) is 0.448. The number of H-pyrrole nitrogens is 1. The summed E-state index contributed by atoms with van der Waals surface area (Å²) < 4.78 is 24.8. The minimum absolute atomic E-state index is 0.0536. The molecular weight excluding hydrogens is 375 g/mol. The van der Waals surface area contributed by atoms with Crippen molar-refractivity contribution in [3.8, 4) is 11.5 Å². The van der Waals surface area contributed by atoms with Crippen molar-refractivity contribution in [3.63, 3.8) is 0 Å². The number of aromatic nitrogens is 4. The fourth-order valence-electron chi connectivity index (χ4n) is 2.88. The number of benzene rings is 2. The Kier molecular flexibility index (Phi) is 4.86. The first-order valence-corrected chi connectivity index (χ1v) is 8.80. The van der Waals surface area contributed by atoms with E-state index in [1.165, 1.54) is 0 Å². The van der Waals surface area contributed by atoms with Crippen LogP contribution in [0.3, 0.4) is 0 Å². The Morgan fingerprint density at radius 3 is 2.45 bits per heavy atom. The Labute approximate surface area is 166 Å². The van der Waals surface area contributed by atoms with Crippen LogP contribution in [-0.2, 0) is 0 Å². The van der Waals surface area contributed by atoms with E-state index in [9.17, 15) is 4.39 Å². The zero-order valence-electron chi connectivity index (χ0n) is 16.1. The monoisotopic (exact) mass is 394 g/mol. The Morgan fingerprint density at radius 2 is 1.72 bits per heavy atom. The second-order valence-electron chi connectivity index (χ2n) is 6.32. The van der Waals surface area contributed by atoms with Gasteiger partial charge in [0.2, 0.25) is 5.95 Å². The van der Waals surface area contributed by atoms with Crippen molar-refractivity contribution in [2.45, 2.75) is 6.92 Å². The van der Waals surface area contributed by atoms with Gasteiger partial charge in [-0.2, -0.15) is 10.1 Å². The number of nitrogens with one attached hydrogen (secondary N) is 3. The topological polar surface area (TPSA) is 97.0 Å². The molecule has 29 heavy (non-hydrogen) atoms. The second kappa shape index (κ2) is 7.63. The van der Waals surface area contributed by atoms with Crippen LogP contribution in [0.5, 0.6) is 11.5 Å². The van der Waals surface area contributed by atoms with Crippen LogP contribution in [0.4, 0.5) is 27.5 Å². The molecule has 0 aliphatic heterocycles. The molecule has 0 bridgehead atoms. The van der Waals surface area contributed by atoms with Crippen LogP contribution in [-0.4, -0.2) is 34.4 Å². The van der Waals surface area contributed by atoms with E-state index in [1.54, 1.807) is 32.4 Å². The molecule has 0 unspecified atom stereocenters. The number of aryl methyl sites for hydroxylation is 1. The van der Waals surface area contributed by atoms with Gasteiger partial charge in [0.1, 0.15) is 11.5 Å². The molecule has 0 radical (unpaired) electrons. The van der Waals surface area contributed by atoms with E-state index in [-0.39, 0.29) is 11.8 Å². The van der Waals surface area contributed by atoms with Crippen molar-refractivity contribution in [2.24, 2.45) is 0 Å². The molecule has 0 fully saturated rings. The highest BCUT2D eigenvalue weighted by atomic mass is 19.1. The van der Waals surface area contributed by atoms with Crippen LogP contribution in [0.25, 0.3) is 10.9 Å². The predicted octanol–water partition coefficient (Wildman–Crippen LogP) is 4.30. The van der Waals surface area contributed by atoms with Crippen LogP contribution in [0, 0.1) is 12.7 Å². The van der Waals surface area contributed by atoms with Gasteiger partial charge in [0, 0.05) is 40.7 Å². The summed E-state index contributed by atoms with van der Waals surface area (Å²) in [7, 11) is 3.13. The number of fused-ring (bicyclic) bond motifs is 1. The van der Waals surface area contributed by atoms with Crippen LogP contribution in [0.2, 0.25) is 0 Å². The highest BCUT2D eigenvalue weighted by Gasteiger charge is 2.10. The molecule has 9 heteroatoms. The first-order valence-electron chi connectivity index (χ1n) is 8.80. The average molecular weight is 394 g/mol. The maximum Gasteiger partial charge on any atom is 0.229 e. The first-order chi connectivity index (χ1) is 14.1. The summed E-state index contributed by atoms with van der Waals surface area (Å²) in [6.45, 7) is 1.93. The molecule has 2 aromatic carbocycles. The van der Waals surface area contributed by atoms with Gasteiger partial charge in [0.05, 0.1) is 25.9 Å². The van der Waals surface area contributed by atoms with E-state index >= 15 is 0 Å². The van der Waals surface area contributed by atoms with Crippen LogP contribution < -0.4 is 20.1 Å². The Bertz CT molecular complexity index is 1150. The van der Waals surface area contributed by atoms with Gasteiger partial charge in [-0.25, -0.2) is 9.37 Å². The molecule has 8 nitrogen and oxygen atoms in total. The highest BCUT2D eigenvalue weighted by molar-refractivity contribution is 5.85. The molecule has 0 saturated carbocycles. The van der Waals surface area contributed by atoms with Crippen molar-refractivity contribution < 1.29 is 13.9 Å². The van der Waals surface area contributed by atoms with Crippen molar-refractivity contribution in [2.75, 3.05) is 24.9 Å². The largest absolute Gasteiger partial charge is 0.497 e. The van der Waals surface area contributed by atoms with Gasteiger partial charge in [-0.15, -0.1) is 0 Å². The fraction of sp³-hybridized carbons (Fsp3) is 0.150. The summed E-state index contributed by atoms with van der Waals surface area (Å²) in [4.78, 5) is 8.26. The van der Waals surface area contributed by atoms with E-state index in [0.29, 0.717) is 22.9 Å². The van der Waals surface area contributed by atoms with Crippen molar-refractivity contribution >= 4 is 34.0 Å². The van der Waals surface area contributed by atoms with Crippen LogP contribution >= 0.6 is 0 Å². The molecule has 0 aliphatic rings. The SMILES string of the molecule is COc1cc(Nc2ncc(F)c(Nc3ccc4n[nH]c(C)c4c3)n2)cc(OC)c1. The molecular formula is C20H19FN6O2. The van der Waals surface area contributed by atoms with Crippen LogP contribution in [0.1, 0.15) is 5.69 Å². The molecule has 4 aromatic rings. The van der Waals surface area contributed by atoms with Gasteiger partial charge in [-0.3, -0.25) is 5.10 Å². The van der Waals surface area contributed by atoms with E-state index in [1.807, 2.05) is 25.1 Å². The normalized spacial score (nSPS) is 10.8. The Morgan fingerprint density at radius 1 is 0.966 bits per heavy atom. The molecule has 2 aromatic heterocycles. The van der Waals surface area contributed by atoms with Gasteiger partial charge in [-0.1, -0.05) is 0 Å². The van der Waals surface area contributed by atoms with Gasteiger partial charge < -0.3 is 20.1 Å². The first kappa shape index (κ1) is 18.5.